The number of benzene rings is 3. The van der Waals surface area contributed by atoms with Gasteiger partial charge >= 0.3 is 5.97 Å². The summed E-state index contributed by atoms with van der Waals surface area (Å²) >= 11 is 0. The number of carbonyl (C=O) groups is 2. The smallest absolute Gasteiger partial charge is 0.332 e. The van der Waals surface area contributed by atoms with Crippen molar-refractivity contribution in [3.05, 3.63) is 103 Å². The number of carbonyl (C=O) groups excluding carboxylic acids is 1. The Balaban J connectivity index is 1.57. The maximum atomic E-state index is 13.2. The van der Waals surface area contributed by atoms with Crippen LogP contribution in [0.2, 0.25) is 0 Å². The molecule has 0 amide bonds. The standard InChI is InChI=1S/C26H22N4O5S/c1-26(24(32)33,30-36(34,35)22-9-3-2-4-10-22)23(31)19-13-11-18(12-14-19)20-7-5-8-21(17-20)29-25-27-15-6-16-28-25/h2-17,30H,1H3,(H,32,33)(H,27,28,29)/t26-/m0/s1. The molecule has 9 nitrogen and oxygen atoms in total. The molecular formula is C26H22N4O5S. The summed E-state index contributed by atoms with van der Waals surface area (Å²) in [5.74, 6) is -2.06. The lowest BCUT2D eigenvalue weighted by Gasteiger charge is -2.24. The average Bonchev–Trinajstić information content (AvgIpc) is 2.89. The van der Waals surface area contributed by atoms with Crippen LogP contribution in [-0.4, -0.2) is 40.8 Å². The predicted molar refractivity (Wildman–Crippen MR) is 134 cm³/mol. The van der Waals surface area contributed by atoms with E-state index in [9.17, 15) is 23.1 Å². The third-order valence-electron chi connectivity index (χ3n) is 5.44. The van der Waals surface area contributed by atoms with Gasteiger partial charge in [-0.15, -0.1) is 0 Å². The number of Topliss-reactive ketones (excluding diaryl/α,β-unsaturated/α-hetero) is 1. The van der Waals surface area contributed by atoms with Gasteiger partial charge in [-0.1, -0.05) is 54.6 Å². The Morgan fingerprint density at radius 1 is 0.833 bits per heavy atom. The Hall–Kier alpha value is -4.41. The number of carboxylic acid groups (broad SMARTS) is 1. The molecule has 0 aliphatic rings. The molecule has 1 atom stereocenters. The first-order valence-corrected chi connectivity index (χ1v) is 12.3. The van der Waals surface area contributed by atoms with Crippen LogP contribution in [0.5, 0.6) is 0 Å². The van der Waals surface area contributed by atoms with Gasteiger partial charge in [-0.25, -0.2) is 23.2 Å². The van der Waals surface area contributed by atoms with Crippen LogP contribution in [0.4, 0.5) is 11.6 Å². The molecule has 0 saturated heterocycles. The normalized spacial score (nSPS) is 12.9. The van der Waals surface area contributed by atoms with E-state index in [1.54, 1.807) is 36.7 Å². The Morgan fingerprint density at radius 3 is 2.14 bits per heavy atom. The van der Waals surface area contributed by atoms with Crippen molar-refractivity contribution in [3.63, 3.8) is 0 Å². The first-order chi connectivity index (χ1) is 17.2. The number of ketones is 1. The molecule has 0 radical (unpaired) electrons. The summed E-state index contributed by atoms with van der Waals surface area (Å²) in [4.78, 5) is 33.4. The zero-order chi connectivity index (χ0) is 25.8. The lowest BCUT2D eigenvalue weighted by atomic mass is 9.91. The molecule has 0 bridgehead atoms. The van der Waals surface area contributed by atoms with Gasteiger partial charge in [0.05, 0.1) is 4.90 Å². The summed E-state index contributed by atoms with van der Waals surface area (Å²) in [6.45, 7) is 1.03. The van der Waals surface area contributed by atoms with E-state index < -0.39 is 27.3 Å². The van der Waals surface area contributed by atoms with Gasteiger partial charge in [0.25, 0.3) is 0 Å². The summed E-state index contributed by atoms with van der Waals surface area (Å²) in [7, 11) is -4.27. The van der Waals surface area contributed by atoms with Gasteiger partial charge in [-0.2, -0.15) is 4.72 Å². The average molecular weight is 503 g/mol. The second-order valence-electron chi connectivity index (χ2n) is 8.03. The minimum atomic E-state index is -4.27. The van der Waals surface area contributed by atoms with Crippen LogP contribution in [-0.2, 0) is 14.8 Å². The van der Waals surface area contributed by atoms with Gasteiger partial charge in [-0.3, -0.25) is 4.79 Å². The van der Waals surface area contributed by atoms with Crippen LogP contribution in [0, 0.1) is 0 Å². The van der Waals surface area contributed by atoms with Gasteiger partial charge in [0, 0.05) is 23.6 Å². The van der Waals surface area contributed by atoms with Crippen molar-refractivity contribution in [3.8, 4) is 11.1 Å². The number of anilines is 2. The topological polar surface area (TPSA) is 138 Å². The first-order valence-electron chi connectivity index (χ1n) is 10.8. The van der Waals surface area contributed by atoms with Gasteiger partial charge in [0.15, 0.2) is 11.3 Å². The van der Waals surface area contributed by atoms with Crippen LogP contribution in [0.25, 0.3) is 11.1 Å². The number of nitrogens with one attached hydrogen (secondary N) is 2. The van der Waals surface area contributed by atoms with E-state index in [2.05, 4.69) is 20.0 Å². The zero-order valence-electron chi connectivity index (χ0n) is 19.1. The molecule has 3 aromatic carbocycles. The fraction of sp³-hybridized carbons (Fsp3) is 0.0769. The fourth-order valence-corrected chi connectivity index (χ4v) is 4.84. The monoisotopic (exact) mass is 502 g/mol. The third-order valence-corrected chi connectivity index (χ3v) is 7.01. The largest absolute Gasteiger partial charge is 0.480 e. The summed E-state index contributed by atoms with van der Waals surface area (Å²) in [6, 6.07) is 22.7. The number of aromatic nitrogens is 2. The maximum Gasteiger partial charge on any atom is 0.332 e. The zero-order valence-corrected chi connectivity index (χ0v) is 19.9. The quantitative estimate of drug-likeness (QED) is 0.231. The summed E-state index contributed by atoms with van der Waals surface area (Å²) in [6.07, 6.45) is 3.25. The number of rotatable bonds is 9. The highest BCUT2D eigenvalue weighted by atomic mass is 32.2. The maximum absolute atomic E-state index is 13.2. The summed E-state index contributed by atoms with van der Waals surface area (Å²) in [5.41, 5.74) is 0.00110. The van der Waals surface area contributed by atoms with Crippen LogP contribution >= 0.6 is 0 Å². The molecule has 0 saturated carbocycles. The van der Waals surface area contributed by atoms with E-state index in [1.807, 2.05) is 24.3 Å². The summed E-state index contributed by atoms with van der Waals surface area (Å²) < 4.78 is 27.6. The van der Waals surface area contributed by atoms with Crippen molar-refractivity contribution in [2.24, 2.45) is 0 Å². The van der Waals surface area contributed by atoms with Crippen LogP contribution < -0.4 is 10.0 Å². The molecule has 4 aromatic rings. The number of nitrogens with zero attached hydrogens (tertiary/aromatic N) is 2. The highest BCUT2D eigenvalue weighted by Gasteiger charge is 2.45. The summed E-state index contributed by atoms with van der Waals surface area (Å²) in [5, 5.41) is 12.9. The molecule has 3 N–H and O–H groups in total. The highest BCUT2D eigenvalue weighted by molar-refractivity contribution is 7.89. The molecule has 0 aliphatic heterocycles. The lowest BCUT2D eigenvalue weighted by Crippen LogP contribution is -2.57. The number of carboxylic acids is 1. The van der Waals surface area contributed by atoms with Crippen LogP contribution in [0.1, 0.15) is 17.3 Å². The SMILES string of the molecule is C[C@@](NS(=O)(=O)c1ccccc1)(C(=O)O)C(=O)c1ccc(-c2cccc(Nc3ncccn3)c2)cc1. The molecule has 1 aromatic heterocycles. The molecule has 4 rings (SSSR count). The van der Waals surface area contributed by atoms with Crippen LogP contribution in [0.3, 0.4) is 0 Å². The Bertz CT molecular complexity index is 1490. The van der Waals surface area contributed by atoms with Crippen molar-refractivity contribution >= 4 is 33.4 Å². The van der Waals surface area contributed by atoms with E-state index in [0.717, 1.165) is 23.7 Å². The lowest BCUT2D eigenvalue weighted by molar-refractivity contribution is -0.141. The molecule has 10 heteroatoms. The van der Waals surface area contributed by atoms with Gasteiger partial charge in [0.2, 0.25) is 16.0 Å². The molecule has 0 spiro atoms. The van der Waals surface area contributed by atoms with Gasteiger partial charge in [0.1, 0.15) is 0 Å². The Labute approximate surface area is 207 Å². The second kappa shape index (κ2) is 10.1. The number of hydrogen-bond acceptors (Lipinski definition) is 7. The third kappa shape index (κ3) is 5.29. The van der Waals surface area contributed by atoms with Crippen molar-refractivity contribution < 1.29 is 23.1 Å². The molecule has 1 heterocycles. The Morgan fingerprint density at radius 2 is 1.50 bits per heavy atom. The molecule has 0 unspecified atom stereocenters. The minimum Gasteiger partial charge on any atom is -0.480 e. The molecule has 182 valence electrons. The first kappa shape index (κ1) is 24.7. The van der Waals surface area contributed by atoms with Crippen molar-refractivity contribution in [2.75, 3.05) is 5.32 Å². The van der Waals surface area contributed by atoms with Gasteiger partial charge in [-0.05, 0) is 48.4 Å². The minimum absolute atomic E-state index is 0.0476. The van der Waals surface area contributed by atoms with Gasteiger partial charge < -0.3 is 10.4 Å². The predicted octanol–water partition coefficient (Wildman–Crippen LogP) is 3.89. The van der Waals surface area contributed by atoms with Crippen molar-refractivity contribution in [1.29, 1.82) is 0 Å². The molecule has 36 heavy (non-hydrogen) atoms. The van der Waals surface area contributed by atoms with E-state index in [4.69, 9.17) is 0 Å². The van der Waals surface area contributed by atoms with Crippen molar-refractivity contribution in [2.45, 2.75) is 17.4 Å². The molecule has 0 aliphatic carbocycles. The van der Waals surface area contributed by atoms with E-state index in [-0.39, 0.29) is 10.5 Å². The van der Waals surface area contributed by atoms with Crippen molar-refractivity contribution in [1.82, 2.24) is 14.7 Å². The fourth-order valence-electron chi connectivity index (χ4n) is 3.49. The van der Waals surface area contributed by atoms with E-state index >= 15 is 0 Å². The Kier molecular flexibility index (Phi) is 6.91. The molecular weight excluding hydrogens is 480 g/mol. The number of hydrogen-bond donors (Lipinski definition) is 3. The second-order valence-corrected chi connectivity index (χ2v) is 9.72. The van der Waals surface area contributed by atoms with E-state index in [0.29, 0.717) is 5.95 Å². The van der Waals surface area contributed by atoms with Crippen LogP contribution in [0.15, 0.2) is 102 Å². The number of aliphatic carboxylic acids is 1. The number of sulfonamides is 1. The molecule has 0 fully saturated rings. The highest BCUT2D eigenvalue weighted by Crippen LogP contribution is 2.26. The van der Waals surface area contributed by atoms with E-state index in [1.165, 1.54) is 36.4 Å².